The van der Waals surface area contributed by atoms with Crippen LogP contribution >= 0.6 is 0 Å². The Morgan fingerprint density at radius 2 is 1.86 bits per heavy atom. The van der Waals surface area contributed by atoms with E-state index in [1.54, 1.807) is 0 Å². The maximum Gasteiger partial charge on any atom is 0.269 e. The normalized spacial score (nSPS) is 16.8. The Morgan fingerprint density at radius 1 is 1.24 bits per heavy atom. The molecule has 8 heteroatoms. The third-order valence-corrected chi connectivity index (χ3v) is 5.02. The van der Waals surface area contributed by atoms with Gasteiger partial charge in [-0.05, 0) is 37.3 Å². The van der Waals surface area contributed by atoms with Crippen molar-refractivity contribution in [3.63, 3.8) is 0 Å². The van der Waals surface area contributed by atoms with Crippen LogP contribution in [0.4, 0.5) is 5.69 Å². The van der Waals surface area contributed by atoms with Crippen molar-refractivity contribution in [2.45, 2.75) is 24.2 Å². The molecule has 2 rings (SSSR count). The molecule has 0 saturated carbocycles. The third kappa shape index (κ3) is 4.48. The lowest BCUT2D eigenvalue weighted by Crippen LogP contribution is -2.27. The number of non-ortho nitro benzene ring substituents is 1. The van der Waals surface area contributed by atoms with Gasteiger partial charge in [-0.25, -0.2) is 13.1 Å². The molecule has 1 aliphatic heterocycles. The Balaban J connectivity index is 1.90. The zero-order valence-corrected chi connectivity index (χ0v) is 12.3. The minimum atomic E-state index is -3.61. The molecule has 0 atom stereocenters. The second kappa shape index (κ2) is 6.97. The first-order valence-electron chi connectivity index (χ1n) is 6.81. The van der Waals surface area contributed by atoms with Crippen LogP contribution in [-0.2, 0) is 14.8 Å². The molecule has 0 radical (unpaired) electrons. The predicted molar refractivity (Wildman–Crippen MR) is 76.4 cm³/mol. The molecule has 0 spiro atoms. The van der Waals surface area contributed by atoms with Gasteiger partial charge in [-0.15, -0.1) is 0 Å². The van der Waals surface area contributed by atoms with E-state index in [9.17, 15) is 18.5 Å². The van der Waals surface area contributed by atoms with Gasteiger partial charge in [0.25, 0.3) is 5.69 Å². The summed E-state index contributed by atoms with van der Waals surface area (Å²) >= 11 is 0. The quantitative estimate of drug-likeness (QED) is 0.636. The molecule has 0 bridgehead atoms. The Bertz CT molecular complexity index is 579. The van der Waals surface area contributed by atoms with Crippen LogP contribution in [0.25, 0.3) is 0 Å². The zero-order valence-electron chi connectivity index (χ0n) is 11.5. The summed E-state index contributed by atoms with van der Waals surface area (Å²) in [7, 11) is -3.61. The van der Waals surface area contributed by atoms with Gasteiger partial charge < -0.3 is 4.74 Å². The lowest BCUT2D eigenvalue weighted by Gasteiger charge is -2.21. The van der Waals surface area contributed by atoms with E-state index < -0.39 is 14.9 Å². The van der Waals surface area contributed by atoms with Crippen LogP contribution in [0.5, 0.6) is 0 Å². The molecule has 1 aliphatic rings. The molecule has 0 unspecified atom stereocenters. The second-order valence-corrected chi connectivity index (χ2v) is 6.76. The SMILES string of the molecule is O=[N+]([O-])c1ccc(S(=O)(=O)NCCC2CCOCC2)cc1. The van der Waals surface area contributed by atoms with Crippen LogP contribution in [0.2, 0.25) is 0 Å². The summed E-state index contributed by atoms with van der Waals surface area (Å²) in [5, 5.41) is 10.5. The molecule has 7 nitrogen and oxygen atoms in total. The first kappa shape index (κ1) is 15.9. The van der Waals surface area contributed by atoms with Crippen LogP contribution in [0.1, 0.15) is 19.3 Å². The first-order chi connectivity index (χ1) is 9.99. The van der Waals surface area contributed by atoms with Gasteiger partial charge in [-0.2, -0.15) is 0 Å². The number of rotatable bonds is 6. The van der Waals surface area contributed by atoms with E-state index in [2.05, 4.69) is 4.72 Å². The molecule has 1 aromatic carbocycles. The molecule has 1 saturated heterocycles. The molecule has 0 amide bonds. The molecular formula is C13H18N2O5S. The molecule has 0 aliphatic carbocycles. The average molecular weight is 314 g/mol. The number of nitrogens with one attached hydrogen (secondary N) is 1. The number of benzene rings is 1. The summed E-state index contributed by atoms with van der Waals surface area (Å²) < 4.78 is 31.9. The highest BCUT2D eigenvalue weighted by molar-refractivity contribution is 7.89. The van der Waals surface area contributed by atoms with Crippen molar-refractivity contribution in [2.24, 2.45) is 5.92 Å². The fourth-order valence-corrected chi connectivity index (χ4v) is 3.31. The topological polar surface area (TPSA) is 98.5 Å². The number of ether oxygens (including phenoxy) is 1. The van der Waals surface area contributed by atoms with E-state index in [1.165, 1.54) is 24.3 Å². The van der Waals surface area contributed by atoms with Crippen molar-refractivity contribution in [1.82, 2.24) is 4.72 Å². The monoisotopic (exact) mass is 314 g/mol. The third-order valence-electron chi connectivity index (χ3n) is 3.54. The summed E-state index contributed by atoms with van der Waals surface area (Å²) in [6.45, 7) is 1.84. The Kier molecular flexibility index (Phi) is 5.27. The predicted octanol–water partition coefficient (Wildman–Crippen LogP) is 1.69. The van der Waals surface area contributed by atoms with Crippen LogP contribution < -0.4 is 4.72 Å². The molecule has 1 heterocycles. The van der Waals surface area contributed by atoms with Gasteiger partial charge in [-0.1, -0.05) is 0 Å². The maximum absolute atomic E-state index is 12.0. The van der Waals surface area contributed by atoms with Gasteiger partial charge in [0, 0.05) is 31.9 Å². The summed E-state index contributed by atoms with van der Waals surface area (Å²) in [4.78, 5) is 10.0. The molecule has 1 N–H and O–H groups in total. The summed E-state index contributed by atoms with van der Waals surface area (Å²) in [6, 6.07) is 4.86. The molecule has 1 fully saturated rings. The van der Waals surface area contributed by atoms with E-state index in [0.717, 1.165) is 32.5 Å². The average Bonchev–Trinajstić information content (AvgIpc) is 2.48. The number of hydrogen-bond donors (Lipinski definition) is 1. The number of hydrogen-bond acceptors (Lipinski definition) is 5. The van der Waals surface area contributed by atoms with Crippen molar-refractivity contribution in [3.8, 4) is 0 Å². The summed E-state index contributed by atoms with van der Waals surface area (Å²) in [5.41, 5.74) is -0.129. The fourth-order valence-electron chi connectivity index (χ4n) is 2.26. The van der Waals surface area contributed by atoms with Crippen LogP contribution in [0.15, 0.2) is 29.2 Å². The van der Waals surface area contributed by atoms with E-state index in [0.29, 0.717) is 12.5 Å². The van der Waals surface area contributed by atoms with Crippen molar-refractivity contribution in [3.05, 3.63) is 34.4 Å². The van der Waals surface area contributed by atoms with E-state index in [1.807, 2.05) is 0 Å². The van der Waals surface area contributed by atoms with Gasteiger partial charge >= 0.3 is 0 Å². The number of nitrogens with zero attached hydrogens (tertiary/aromatic N) is 1. The van der Waals surface area contributed by atoms with E-state index >= 15 is 0 Å². The number of nitro benzene ring substituents is 1. The number of sulfonamides is 1. The van der Waals surface area contributed by atoms with Gasteiger partial charge in [0.05, 0.1) is 9.82 Å². The fraction of sp³-hybridized carbons (Fsp3) is 0.538. The minimum absolute atomic E-state index is 0.0417. The van der Waals surface area contributed by atoms with E-state index in [-0.39, 0.29) is 10.6 Å². The molecule has 1 aromatic rings. The zero-order chi connectivity index (χ0) is 15.3. The van der Waals surface area contributed by atoms with Crippen molar-refractivity contribution < 1.29 is 18.1 Å². The highest BCUT2D eigenvalue weighted by atomic mass is 32.2. The number of nitro groups is 1. The molecular weight excluding hydrogens is 296 g/mol. The van der Waals surface area contributed by atoms with Crippen molar-refractivity contribution >= 4 is 15.7 Å². The van der Waals surface area contributed by atoms with Gasteiger partial charge in [0.1, 0.15) is 0 Å². The first-order valence-corrected chi connectivity index (χ1v) is 8.29. The molecule has 0 aromatic heterocycles. The van der Waals surface area contributed by atoms with Crippen LogP contribution in [-0.4, -0.2) is 33.1 Å². The van der Waals surface area contributed by atoms with Crippen LogP contribution in [0.3, 0.4) is 0 Å². The minimum Gasteiger partial charge on any atom is -0.381 e. The van der Waals surface area contributed by atoms with E-state index in [4.69, 9.17) is 4.74 Å². The lowest BCUT2D eigenvalue weighted by molar-refractivity contribution is -0.384. The van der Waals surface area contributed by atoms with Gasteiger partial charge in [0.15, 0.2) is 0 Å². The lowest BCUT2D eigenvalue weighted by atomic mass is 9.97. The summed E-state index contributed by atoms with van der Waals surface area (Å²) in [6.07, 6.45) is 2.69. The molecule has 21 heavy (non-hydrogen) atoms. The highest BCUT2D eigenvalue weighted by Gasteiger charge is 2.18. The van der Waals surface area contributed by atoms with Crippen molar-refractivity contribution in [2.75, 3.05) is 19.8 Å². The Labute approximate surface area is 123 Å². The van der Waals surface area contributed by atoms with Gasteiger partial charge in [-0.3, -0.25) is 10.1 Å². The van der Waals surface area contributed by atoms with Gasteiger partial charge in [0.2, 0.25) is 10.0 Å². The smallest absolute Gasteiger partial charge is 0.269 e. The van der Waals surface area contributed by atoms with Crippen LogP contribution in [0, 0.1) is 16.0 Å². The largest absolute Gasteiger partial charge is 0.381 e. The Morgan fingerprint density at radius 3 is 2.43 bits per heavy atom. The highest BCUT2D eigenvalue weighted by Crippen LogP contribution is 2.19. The maximum atomic E-state index is 12.0. The standard InChI is InChI=1S/C13H18N2O5S/c16-15(17)12-1-3-13(4-2-12)21(18,19)14-8-5-11-6-9-20-10-7-11/h1-4,11,14H,5-10H2. The second-order valence-electron chi connectivity index (χ2n) is 4.99. The van der Waals surface area contributed by atoms with Crippen molar-refractivity contribution in [1.29, 1.82) is 0 Å². The summed E-state index contributed by atoms with van der Waals surface area (Å²) in [5.74, 6) is 0.485. The Hall–Kier alpha value is -1.51. The molecule has 116 valence electrons.